The summed E-state index contributed by atoms with van der Waals surface area (Å²) in [6, 6.07) is 23.5. The van der Waals surface area contributed by atoms with Gasteiger partial charge in [-0.1, -0.05) is 48.5 Å². The van der Waals surface area contributed by atoms with Crippen LogP contribution in [0.1, 0.15) is 5.56 Å². The molecule has 0 saturated heterocycles. The molecule has 0 bridgehead atoms. The van der Waals surface area contributed by atoms with E-state index < -0.39 is 17.6 Å². The molecule has 4 nitrogen and oxygen atoms in total. The van der Waals surface area contributed by atoms with Gasteiger partial charge in [0.2, 0.25) is 0 Å². The molecule has 4 rings (SSSR count). The number of anilines is 2. The first kappa shape index (κ1) is 16.7. The first-order valence-electron chi connectivity index (χ1n) is 8.41. The molecule has 1 aliphatic rings. The van der Waals surface area contributed by atoms with Crippen LogP contribution < -0.4 is 10.2 Å². The smallest absolute Gasteiger partial charge is 0.282 e. The molecular formula is C22H15FN2O2. The molecule has 1 N–H and O–H groups in total. The van der Waals surface area contributed by atoms with Gasteiger partial charge in [0, 0.05) is 5.69 Å². The van der Waals surface area contributed by atoms with Gasteiger partial charge in [0.05, 0.1) is 11.3 Å². The van der Waals surface area contributed by atoms with Gasteiger partial charge >= 0.3 is 0 Å². The number of benzene rings is 3. The van der Waals surface area contributed by atoms with Gasteiger partial charge < -0.3 is 5.32 Å². The fraction of sp³-hybridized carbons (Fsp3) is 0. The van der Waals surface area contributed by atoms with Crippen molar-refractivity contribution in [3.05, 3.63) is 102 Å². The van der Waals surface area contributed by atoms with Gasteiger partial charge in [-0.25, -0.2) is 9.29 Å². The number of halogens is 1. The quantitative estimate of drug-likeness (QED) is 0.711. The zero-order chi connectivity index (χ0) is 18.8. The molecule has 0 unspecified atom stereocenters. The SMILES string of the molecule is O=C1C(Nc2ccccc2)=C(c2ccccc2)C(=O)N1c1ccc(F)cc1. The molecule has 0 fully saturated rings. The maximum absolute atomic E-state index is 13.3. The Kier molecular flexibility index (Phi) is 4.26. The topological polar surface area (TPSA) is 49.4 Å². The normalized spacial score (nSPS) is 14.0. The van der Waals surface area contributed by atoms with Crippen molar-refractivity contribution in [2.45, 2.75) is 0 Å². The molecule has 0 radical (unpaired) electrons. The minimum Gasteiger partial charge on any atom is -0.350 e. The summed E-state index contributed by atoms with van der Waals surface area (Å²) in [6.07, 6.45) is 0. The van der Waals surface area contributed by atoms with Crippen molar-refractivity contribution >= 4 is 28.8 Å². The Bertz CT molecular complexity index is 1030. The number of amides is 2. The number of para-hydroxylation sites is 1. The predicted molar refractivity (Wildman–Crippen MR) is 102 cm³/mol. The lowest BCUT2D eigenvalue weighted by Gasteiger charge is -2.15. The second-order valence-electron chi connectivity index (χ2n) is 6.03. The molecule has 3 aromatic carbocycles. The second-order valence-corrected chi connectivity index (χ2v) is 6.03. The first-order valence-corrected chi connectivity index (χ1v) is 8.41. The average Bonchev–Trinajstić information content (AvgIpc) is 2.94. The van der Waals surface area contributed by atoms with Crippen LogP contribution in [0.3, 0.4) is 0 Å². The Labute approximate surface area is 155 Å². The highest BCUT2D eigenvalue weighted by molar-refractivity contribution is 6.46. The summed E-state index contributed by atoms with van der Waals surface area (Å²) in [6.45, 7) is 0. The molecule has 0 aliphatic carbocycles. The van der Waals surface area contributed by atoms with Crippen molar-refractivity contribution in [3.8, 4) is 0 Å². The Morgan fingerprint density at radius 2 is 1.30 bits per heavy atom. The second kappa shape index (κ2) is 6.88. The third kappa shape index (κ3) is 3.11. The summed E-state index contributed by atoms with van der Waals surface area (Å²) in [5, 5.41) is 3.07. The van der Waals surface area contributed by atoms with Gasteiger partial charge in [0.1, 0.15) is 11.5 Å². The molecular weight excluding hydrogens is 343 g/mol. The van der Waals surface area contributed by atoms with E-state index in [1.807, 2.05) is 36.4 Å². The van der Waals surface area contributed by atoms with Gasteiger partial charge in [0.15, 0.2) is 0 Å². The number of hydrogen-bond donors (Lipinski definition) is 1. The van der Waals surface area contributed by atoms with Crippen molar-refractivity contribution in [1.82, 2.24) is 0 Å². The lowest BCUT2D eigenvalue weighted by molar-refractivity contribution is -0.120. The van der Waals surface area contributed by atoms with Crippen molar-refractivity contribution in [2.75, 3.05) is 10.2 Å². The molecule has 0 saturated carbocycles. The highest BCUT2D eigenvalue weighted by Gasteiger charge is 2.40. The molecule has 0 spiro atoms. The van der Waals surface area contributed by atoms with E-state index in [4.69, 9.17) is 0 Å². The highest BCUT2D eigenvalue weighted by atomic mass is 19.1. The van der Waals surface area contributed by atoms with E-state index in [1.165, 1.54) is 24.3 Å². The van der Waals surface area contributed by atoms with Crippen LogP contribution in [-0.2, 0) is 9.59 Å². The summed E-state index contributed by atoms with van der Waals surface area (Å²) < 4.78 is 13.3. The average molecular weight is 358 g/mol. The van der Waals surface area contributed by atoms with E-state index in [-0.39, 0.29) is 11.3 Å². The minimum atomic E-state index is -0.477. The molecule has 2 amide bonds. The van der Waals surface area contributed by atoms with E-state index >= 15 is 0 Å². The number of nitrogens with one attached hydrogen (secondary N) is 1. The van der Waals surface area contributed by atoms with Gasteiger partial charge in [-0.05, 0) is 42.0 Å². The van der Waals surface area contributed by atoms with Gasteiger partial charge in [0.25, 0.3) is 11.8 Å². The molecule has 0 atom stereocenters. The number of carbonyl (C=O) groups excluding carboxylic acids is 2. The number of nitrogens with zero attached hydrogens (tertiary/aromatic N) is 1. The fourth-order valence-corrected chi connectivity index (χ4v) is 3.01. The third-order valence-electron chi connectivity index (χ3n) is 4.27. The van der Waals surface area contributed by atoms with Crippen LogP contribution in [0.15, 0.2) is 90.6 Å². The molecule has 5 heteroatoms. The minimum absolute atomic E-state index is 0.196. The molecule has 1 aliphatic heterocycles. The van der Waals surface area contributed by atoms with Crippen LogP contribution in [0.25, 0.3) is 5.57 Å². The van der Waals surface area contributed by atoms with Crippen LogP contribution >= 0.6 is 0 Å². The van der Waals surface area contributed by atoms with Crippen LogP contribution in [0, 0.1) is 5.82 Å². The number of carbonyl (C=O) groups is 2. The van der Waals surface area contributed by atoms with E-state index in [9.17, 15) is 14.0 Å². The number of imide groups is 1. The Morgan fingerprint density at radius 3 is 1.93 bits per heavy atom. The summed E-state index contributed by atoms with van der Waals surface area (Å²) in [4.78, 5) is 27.3. The number of rotatable bonds is 4. The predicted octanol–water partition coefficient (Wildman–Crippen LogP) is 4.22. The van der Waals surface area contributed by atoms with Crippen molar-refractivity contribution < 1.29 is 14.0 Å². The van der Waals surface area contributed by atoms with Gasteiger partial charge in [-0.15, -0.1) is 0 Å². The van der Waals surface area contributed by atoms with Crippen molar-refractivity contribution in [2.24, 2.45) is 0 Å². The first-order chi connectivity index (χ1) is 13.1. The fourth-order valence-electron chi connectivity index (χ4n) is 3.01. The van der Waals surface area contributed by atoms with Crippen LogP contribution in [0.4, 0.5) is 15.8 Å². The van der Waals surface area contributed by atoms with E-state index in [2.05, 4.69) is 5.32 Å². The zero-order valence-corrected chi connectivity index (χ0v) is 14.2. The summed E-state index contributed by atoms with van der Waals surface area (Å²) in [7, 11) is 0. The largest absolute Gasteiger partial charge is 0.350 e. The molecule has 3 aromatic rings. The monoisotopic (exact) mass is 358 g/mol. The summed E-state index contributed by atoms with van der Waals surface area (Å²) in [5.41, 5.74) is 2.14. The molecule has 0 aromatic heterocycles. The lowest BCUT2D eigenvalue weighted by atomic mass is 10.0. The van der Waals surface area contributed by atoms with Crippen LogP contribution in [-0.4, -0.2) is 11.8 Å². The maximum atomic E-state index is 13.3. The van der Waals surface area contributed by atoms with Crippen molar-refractivity contribution in [3.63, 3.8) is 0 Å². The third-order valence-corrected chi connectivity index (χ3v) is 4.27. The number of hydrogen-bond acceptors (Lipinski definition) is 3. The summed E-state index contributed by atoms with van der Waals surface area (Å²) >= 11 is 0. The highest BCUT2D eigenvalue weighted by Crippen LogP contribution is 2.33. The maximum Gasteiger partial charge on any atom is 0.282 e. The zero-order valence-electron chi connectivity index (χ0n) is 14.2. The Balaban J connectivity index is 1.81. The lowest BCUT2D eigenvalue weighted by Crippen LogP contribution is -2.32. The Morgan fingerprint density at radius 1 is 0.704 bits per heavy atom. The summed E-state index contributed by atoms with van der Waals surface area (Å²) in [5.74, 6) is -1.36. The van der Waals surface area contributed by atoms with Gasteiger partial charge in [-0.3, -0.25) is 9.59 Å². The van der Waals surface area contributed by atoms with Crippen molar-refractivity contribution in [1.29, 1.82) is 0 Å². The van der Waals surface area contributed by atoms with E-state index in [0.717, 1.165) is 4.90 Å². The van der Waals surface area contributed by atoms with Crippen LogP contribution in [0.2, 0.25) is 0 Å². The van der Waals surface area contributed by atoms with E-state index in [1.54, 1.807) is 24.3 Å². The standard InChI is InChI=1S/C22H15FN2O2/c23-16-11-13-18(14-12-16)25-21(26)19(15-7-3-1-4-8-15)20(22(25)27)24-17-9-5-2-6-10-17/h1-14,24H. The van der Waals surface area contributed by atoms with Gasteiger partial charge in [-0.2, -0.15) is 0 Å². The van der Waals surface area contributed by atoms with Crippen LogP contribution in [0.5, 0.6) is 0 Å². The molecule has 27 heavy (non-hydrogen) atoms. The molecule has 1 heterocycles. The molecule has 132 valence electrons. The van der Waals surface area contributed by atoms with E-state index in [0.29, 0.717) is 16.9 Å². The Hall–Kier alpha value is -3.73.